The number of methoxy groups -OCH3 is 1. The van der Waals surface area contributed by atoms with Crippen LogP contribution in [0, 0.1) is 11.8 Å². The Morgan fingerprint density at radius 1 is 1.35 bits per heavy atom. The number of benzene rings is 1. The third-order valence-corrected chi connectivity index (χ3v) is 4.39. The molecule has 1 aliphatic carbocycles. The fourth-order valence-electron chi connectivity index (χ4n) is 2.90. The summed E-state index contributed by atoms with van der Waals surface area (Å²) in [7, 11) is 3.36. The zero-order valence-electron chi connectivity index (χ0n) is 13.4. The fraction of sp³-hybridized carbons (Fsp3) is 0.471. The molecule has 0 radical (unpaired) electrons. The van der Waals surface area contributed by atoms with E-state index in [1.807, 2.05) is 31.3 Å². The molecule has 0 bridgehead atoms. The van der Waals surface area contributed by atoms with Crippen molar-refractivity contribution in [3.8, 4) is 0 Å². The van der Waals surface area contributed by atoms with E-state index in [0.29, 0.717) is 13.0 Å². The highest BCUT2D eigenvalue weighted by molar-refractivity contribution is 5.90. The molecule has 23 heavy (non-hydrogen) atoms. The standard InChI is InChI=1S/C17H21N3O3/c1-20-14-7-4-3-6-13(14)19-15(20)8-5-9-18-16(21)11-10-12(11)17(22)23-2/h3-4,6-7,11-12H,5,8-10H2,1-2H3,(H,18,21)/t11-,12+/m1/s1. The van der Waals surface area contributed by atoms with E-state index in [9.17, 15) is 9.59 Å². The van der Waals surface area contributed by atoms with Gasteiger partial charge in [-0.2, -0.15) is 0 Å². The smallest absolute Gasteiger partial charge is 0.309 e. The Kier molecular flexibility index (Phi) is 4.32. The van der Waals surface area contributed by atoms with Crippen LogP contribution in [0.3, 0.4) is 0 Å². The molecule has 6 nitrogen and oxygen atoms in total. The molecule has 1 fully saturated rings. The summed E-state index contributed by atoms with van der Waals surface area (Å²) in [6.45, 7) is 0.590. The van der Waals surface area contributed by atoms with Crippen LogP contribution < -0.4 is 5.32 Å². The van der Waals surface area contributed by atoms with Gasteiger partial charge in [0, 0.05) is 20.0 Å². The zero-order valence-corrected chi connectivity index (χ0v) is 13.4. The minimum Gasteiger partial charge on any atom is -0.469 e. The van der Waals surface area contributed by atoms with Gasteiger partial charge < -0.3 is 14.6 Å². The van der Waals surface area contributed by atoms with E-state index in [1.165, 1.54) is 7.11 Å². The van der Waals surface area contributed by atoms with Gasteiger partial charge in [-0.05, 0) is 25.0 Å². The van der Waals surface area contributed by atoms with E-state index < -0.39 is 0 Å². The van der Waals surface area contributed by atoms with Gasteiger partial charge in [0.1, 0.15) is 5.82 Å². The van der Waals surface area contributed by atoms with Crippen molar-refractivity contribution in [1.82, 2.24) is 14.9 Å². The van der Waals surface area contributed by atoms with Crippen molar-refractivity contribution in [3.63, 3.8) is 0 Å². The van der Waals surface area contributed by atoms with Gasteiger partial charge in [0.25, 0.3) is 0 Å². The summed E-state index contributed by atoms with van der Waals surface area (Å²) in [5.74, 6) is 0.215. The van der Waals surface area contributed by atoms with Crippen molar-refractivity contribution in [2.75, 3.05) is 13.7 Å². The predicted octanol–water partition coefficient (Wildman–Crippen LogP) is 1.43. The number of hydrogen-bond acceptors (Lipinski definition) is 4. The van der Waals surface area contributed by atoms with Gasteiger partial charge in [0.05, 0.1) is 30.0 Å². The number of nitrogens with one attached hydrogen (secondary N) is 1. The Balaban J connectivity index is 1.46. The molecule has 1 heterocycles. The first-order valence-electron chi connectivity index (χ1n) is 7.87. The number of aromatic nitrogens is 2. The second-order valence-corrected chi connectivity index (χ2v) is 5.94. The average Bonchev–Trinajstić information content (AvgIpc) is 3.31. The molecular formula is C17H21N3O3. The molecule has 1 aromatic heterocycles. The lowest BCUT2D eigenvalue weighted by atomic mass is 10.2. The lowest BCUT2D eigenvalue weighted by Crippen LogP contribution is -2.27. The molecule has 1 N–H and O–H groups in total. The first kappa shape index (κ1) is 15.5. The molecular weight excluding hydrogens is 294 g/mol. The maximum Gasteiger partial charge on any atom is 0.309 e. The molecule has 0 unspecified atom stereocenters. The topological polar surface area (TPSA) is 73.2 Å². The molecule has 0 aliphatic heterocycles. The molecule has 1 amide bonds. The number of hydrogen-bond donors (Lipinski definition) is 1. The maximum atomic E-state index is 11.9. The number of para-hydroxylation sites is 2. The second kappa shape index (κ2) is 6.40. The Hall–Kier alpha value is -2.37. The number of amides is 1. The molecule has 1 saturated carbocycles. The van der Waals surface area contributed by atoms with Crippen LogP contribution in [-0.4, -0.2) is 35.1 Å². The average molecular weight is 315 g/mol. The molecule has 1 aliphatic rings. The lowest BCUT2D eigenvalue weighted by molar-refractivity contribution is -0.143. The highest BCUT2D eigenvalue weighted by atomic mass is 16.5. The molecule has 2 atom stereocenters. The van der Waals surface area contributed by atoms with Crippen molar-refractivity contribution in [3.05, 3.63) is 30.1 Å². The van der Waals surface area contributed by atoms with Crippen LogP contribution in [0.5, 0.6) is 0 Å². The minimum absolute atomic E-state index is 0.0506. The number of rotatable bonds is 6. The Morgan fingerprint density at radius 2 is 2.13 bits per heavy atom. The van der Waals surface area contributed by atoms with Gasteiger partial charge in [-0.25, -0.2) is 4.98 Å². The van der Waals surface area contributed by atoms with E-state index in [1.54, 1.807) is 0 Å². The Morgan fingerprint density at radius 3 is 2.87 bits per heavy atom. The molecule has 3 rings (SSSR count). The molecule has 2 aromatic rings. The van der Waals surface area contributed by atoms with Crippen LogP contribution >= 0.6 is 0 Å². The van der Waals surface area contributed by atoms with Crippen LogP contribution in [0.25, 0.3) is 11.0 Å². The zero-order chi connectivity index (χ0) is 16.4. The van der Waals surface area contributed by atoms with Crippen LogP contribution in [0.1, 0.15) is 18.7 Å². The fourth-order valence-corrected chi connectivity index (χ4v) is 2.90. The van der Waals surface area contributed by atoms with E-state index in [-0.39, 0.29) is 23.7 Å². The highest BCUT2D eigenvalue weighted by Crippen LogP contribution is 2.39. The van der Waals surface area contributed by atoms with Crippen LogP contribution in [0.2, 0.25) is 0 Å². The van der Waals surface area contributed by atoms with Gasteiger partial charge in [-0.15, -0.1) is 0 Å². The summed E-state index contributed by atoms with van der Waals surface area (Å²) >= 11 is 0. The number of imidazole rings is 1. The normalized spacial score (nSPS) is 19.6. The summed E-state index contributed by atoms with van der Waals surface area (Å²) in [6.07, 6.45) is 2.22. The lowest BCUT2D eigenvalue weighted by Gasteiger charge is -2.05. The van der Waals surface area contributed by atoms with E-state index >= 15 is 0 Å². The van der Waals surface area contributed by atoms with E-state index in [2.05, 4.69) is 19.6 Å². The Labute approximate surface area is 134 Å². The third kappa shape index (κ3) is 3.21. The monoisotopic (exact) mass is 315 g/mol. The number of carbonyl (C=O) groups excluding carboxylic acids is 2. The number of aryl methyl sites for hydroxylation is 2. The van der Waals surface area contributed by atoms with Crippen LogP contribution in [0.15, 0.2) is 24.3 Å². The van der Waals surface area contributed by atoms with Gasteiger partial charge in [0.2, 0.25) is 5.91 Å². The number of ether oxygens (including phenoxy) is 1. The van der Waals surface area contributed by atoms with Crippen molar-refractivity contribution in [2.24, 2.45) is 18.9 Å². The molecule has 122 valence electrons. The maximum absolute atomic E-state index is 11.9. The SMILES string of the molecule is COC(=O)[C@H]1C[C@H]1C(=O)NCCCc1nc2ccccc2n1C. The number of fused-ring (bicyclic) bond motifs is 1. The summed E-state index contributed by atoms with van der Waals surface area (Å²) < 4.78 is 6.74. The number of carbonyl (C=O) groups is 2. The molecule has 1 aromatic carbocycles. The molecule has 6 heteroatoms. The van der Waals surface area contributed by atoms with E-state index in [0.717, 1.165) is 29.7 Å². The quantitative estimate of drug-likeness (QED) is 0.646. The van der Waals surface area contributed by atoms with Crippen LogP contribution in [0.4, 0.5) is 0 Å². The summed E-state index contributed by atoms with van der Waals surface area (Å²) in [5.41, 5.74) is 2.11. The Bertz CT molecular complexity index is 738. The summed E-state index contributed by atoms with van der Waals surface area (Å²) in [5, 5.41) is 2.89. The van der Waals surface area contributed by atoms with Gasteiger partial charge in [0.15, 0.2) is 0 Å². The summed E-state index contributed by atoms with van der Waals surface area (Å²) in [4.78, 5) is 27.8. The highest BCUT2D eigenvalue weighted by Gasteiger charge is 2.48. The van der Waals surface area contributed by atoms with Gasteiger partial charge >= 0.3 is 5.97 Å². The first-order chi connectivity index (χ1) is 11.1. The van der Waals surface area contributed by atoms with Crippen molar-refractivity contribution >= 4 is 22.9 Å². The minimum atomic E-state index is -0.287. The molecule has 0 saturated heterocycles. The van der Waals surface area contributed by atoms with Gasteiger partial charge in [-0.1, -0.05) is 12.1 Å². The molecule has 0 spiro atoms. The van der Waals surface area contributed by atoms with Crippen molar-refractivity contribution in [2.45, 2.75) is 19.3 Å². The van der Waals surface area contributed by atoms with Crippen molar-refractivity contribution in [1.29, 1.82) is 0 Å². The summed E-state index contributed by atoms with van der Waals surface area (Å²) in [6, 6.07) is 8.03. The second-order valence-electron chi connectivity index (χ2n) is 5.94. The number of esters is 1. The van der Waals surface area contributed by atoms with Crippen molar-refractivity contribution < 1.29 is 14.3 Å². The third-order valence-electron chi connectivity index (χ3n) is 4.39. The van der Waals surface area contributed by atoms with Gasteiger partial charge in [-0.3, -0.25) is 9.59 Å². The first-order valence-corrected chi connectivity index (χ1v) is 7.87. The largest absolute Gasteiger partial charge is 0.469 e. The van der Waals surface area contributed by atoms with Crippen LogP contribution in [-0.2, 0) is 27.8 Å². The van der Waals surface area contributed by atoms with E-state index in [4.69, 9.17) is 0 Å². The number of nitrogens with zero attached hydrogens (tertiary/aromatic N) is 2. The predicted molar refractivity (Wildman–Crippen MR) is 85.7 cm³/mol.